The van der Waals surface area contributed by atoms with Crippen molar-refractivity contribution in [2.75, 3.05) is 5.32 Å². The number of nitrogens with zero attached hydrogens (tertiary/aromatic N) is 5. The number of anilines is 1. The first-order valence-corrected chi connectivity index (χ1v) is 8.30. The van der Waals surface area contributed by atoms with Crippen LogP contribution in [0, 0.1) is 6.92 Å². The quantitative estimate of drug-likeness (QED) is 0.703. The molecule has 0 saturated heterocycles. The zero-order chi connectivity index (χ0) is 17.1. The van der Waals surface area contributed by atoms with E-state index in [1.807, 2.05) is 31.2 Å². The fraction of sp³-hybridized carbons (Fsp3) is 0.200. The van der Waals surface area contributed by atoms with Gasteiger partial charge in [0.1, 0.15) is 12.9 Å². The Hall–Kier alpha value is -2.19. The second-order valence-electron chi connectivity index (χ2n) is 5.18. The molecule has 3 rings (SSSR count). The normalized spacial score (nSPS) is 10.8. The van der Waals surface area contributed by atoms with Gasteiger partial charge in [-0.15, -0.1) is 5.10 Å². The lowest BCUT2D eigenvalue weighted by Gasteiger charge is -2.04. The first-order chi connectivity index (χ1) is 11.5. The Bertz CT molecular complexity index is 874. The van der Waals surface area contributed by atoms with Gasteiger partial charge < -0.3 is 0 Å². The van der Waals surface area contributed by atoms with Gasteiger partial charge in [-0.3, -0.25) is 14.8 Å². The predicted octanol–water partition coefficient (Wildman–Crippen LogP) is 2.89. The van der Waals surface area contributed by atoms with Crippen LogP contribution in [-0.4, -0.2) is 30.5 Å². The fourth-order valence-corrected chi connectivity index (χ4v) is 2.64. The highest BCUT2D eigenvalue weighted by atomic mass is 79.9. The van der Waals surface area contributed by atoms with E-state index >= 15 is 0 Å². The molecule has 7 nitrogen and oxygen atoms in total. The molecule has 1 N–H and O–H groups in total. The third-order valence-electron chi connectivity index (χ3n) is 3.36. The van der Waals surface area contributed by atoms with E-state index in [0.717, 1.165) is 15.7 Å². The first kappa shape index (κ1) is 16.7. The molecule has 2 aromatic heterocycles. The fourth-order valence-electron chi connectivity index (χ4n) is 2.13. The molecule has 0 aliphatic carbocycles. The maximum Gasteiger partial charge on any atom is 0.248 e. The molecule has 24 heavy (non-hydrogen) atoms. The molecule has 0 fully saturated rings. The number of benzene rings is 1. The van der Waals surface area contributed by atoms with Crippen LogP contribution in [0.3, 0.4) is 0 Å². The molecule has 0 bridgehead atoms. The minimum atomic E-state index is -0.241. The van der Waals surface area contributed by atoms with Crippen molar-refractivity contribution < 1.29 is 4.79 Å². The third-order valence-corrected chi connectivity index (χ3v) is 4.37. The highest BCUT2D eigenvalue weighted by Gasteiger charge is 2.11. The zero-order valence-electron chi connectivity index (χ0n) is 12.8. The number of amides is 1. The number of aromatic nitrogens is 5. The Labute approximate surface area is 151 Å². The van der Waals surface area contributed by atoms with Crippen molar-refractivity contribution in [1.29, 1.82) is 0 Å². The summed E-state index contributed by atoms with van der Waals surface area (Å²) in [4.78, 5) is 16.2. The van der Waals surface area contributed by atoms with Gasteiger partial charge in [-0.25, -0.2) is 9.67 Å². The molecule has 0 saturated carbocycles. The van der Waals surface area contributed by atoms with Crippen LogP contribution in [0.1, 0.15) is 11.3 Å². The lowest BCUT2D eigenvalue weighted by molar-refractivity contribution is -0.117. The number of halogens is 2. The van der Waals surface area contributed by atoms with Crippen molar-refractivity contribution in [3.05, 3.63) is 57.5 Å². The number of carbonyl (C=O) groups excluding carboxylic acids is 1. The summed E-state index contributed by atoms with van der Waals surface area (Å²) in [5.74, 6) is 0.0140. The van der Waals surface area contributed by atoms with Gasteiger partial charge in [-0.2, -0.15) is 5.10 Å². The number of hydrogen-bond donors (Lipinski definition) is 1. The van der Waals surface area contributed by atoms with Gasteiger partial charge in [0.25, 0.3) is 0 Å². The number of rotatable bonds is 5. The summed E-state index contributed by atoms with van der Waals surface area (Å²) >= 11 is 9.32. The summed E-state index contributed by atoms with van der Waals surface area (Å²) in [6.45, 7) is 2.50. The van der Waals surface area contributed by atoms with Crippen molar-refractivity contribution in [2.45, 2.75) is 20.0 Å². The van der Waals surface area contributed by atoms with Crippen LogP contribution in [0.5, 0.6) is 0 Å². The smallest absolute Gasteiger partial charge is 0.248 e. The Morgan fingerprint density at radius 3 is 2.96 bits per heavy atom. The van der Waals surface area contributed by atoms with Crippen LogP contribution in [0.2, 0.25) is 5.02 Å². The topological polar surface area (TPSA) is 77.6 Å². The number of nitrogens with one attached hydrogen (secondary N) is 1. The summed E-state index contributed by atoms with van der Waals surface area (Å²) in [5.41, 5.74) is 1.88. The van der Waals surface area contributed by atoms with Crippen LogP contribution < -0.4 is 5.32 Å². The van der Waals surface area contributed by atoms with Crippen molar-refractivity contribution in [3.63, 3.8) is 0 Å². The van der Waals surface area contributed by atoms with E-state index in [4.69, 9.17) is 11.6 Å². The van der Waals surface area contributed by atoms with Gasteiger partial charge in [0.15, 0.2) is 0 Å². The molecule has 0 unspecified atom stereocenters. The molecule has 9 heteroatoms. The van der Waals surface area contributed by atoms with E-state index in [0.29, 0.717) is 11.6 Å². The molecule has 0 aliphatic rings. The molecule has 0 radical (unpaired) electrons. The lowest BCUT2D eigenvalue weighted by Crippen LogP contribution is -2.21. The van der Waals surface area contributed by atoms with Gasteiger partial charge in [-0.05, 0) is 40.5 Å². The van der Waals surface area contributed by atoms with Crippen LogP contribution >= 0.6 is 27.5 Å². The van der Waals surface area contributed by atoms with Crippen LogP contribution in [-0.2, 0) is 17.9 Å². The van der Waals surface area contributed by atoms with Crippen molar-refractivity contribution in [3.8, 4) is 0 Å². The molecule has 0 atom stereocenters. The van der Waals surface area contributed by atoms with Gasteiger partial charge >= 0.3 is 0 Å². The monoisotopic (exact) mass is 408 g/mol. The molecule has 1 aromatic carbocycles. The van der Waals surface area contributed by atoms with Crippen molar-refractivity contribution in [1.82, 2.24) is 24.5 Å². The summed E-state index contributed by atoms with van der Waals surface area (Å²) in [7, 11) is 0. The summed E-state index contributed by atoms with van der Waals surface area (Å²) in [6.07, 6.45) is 3.22. The molecule has 0 aliphatic heterocycles. The molecular weight excluding hydrogens is 396 g/mol. The third kappa shape index (κ3) is 4.01. The van der Waals surface area contributed by atoms with E-state index in [2.05, 4.69) is 36.4 Å². The minimum absolute atomic E-state index is 0.0975. The molecule has 3 aromatic rings. The average Bonchev–Trinajstić information content (AvgIpc) is 3.09. The van der Waals surface area contributed by atoms with E-state index in [1.54, 1.807) is 21.9 Å². The summed E-state index contributed by atoms with van der Waals surface area (Å²) < 4.78 is 4.10. The van der Waals surface area contributed by atoms with Gasteiger partial charge in [0.05, 0.1) is 22.9 Å². The molecule has 124 valence electrons. The Balaban J connectivity index is 1.61. The van der Waals surface area contributed by atoms with E-state index in [1.165, 1.54) is 0 Å². The van der Waals surface area contributed by atoms with Crippen molar-refractivity contribution in [2.24, 2.45) is 0 Å². The van der Waals surface area contributed by atoms with Gasteiger partial charge in [0.2, 0.25) is 11.9 Å². The predicted molar refractivity (Wildman–Crippen MR) is 93.9 cm³/mol. The molecule has 2 heterocycles. The summed E-state index contributed by atoms with van der Waals surface area (Å²) in [5, 5.41) is 11.7. The molecular formula is C15H14BrClN6O. The lowest BCUT2D eigenvalue weighted by atomic mass is 10.2. The highest BCUT2D eigenvalue weighted by Crippen LogP contribution is 2.14. The van der Waals surface area contributed by atoms with E-state index in [9.17, 15) is 4.79 Å². The van der Waals surface area contributed by atoms with Crippen LogP contribution in [0.15, 0.2) is 41.3 Å². The van der Waals surface area contributed by atoms with E-state index < -0.39 is 0 Å². The van der Waals surface area contributed by atoms with Gasteiger partial charge in [0, 0.05) is 5.02 Å². The second kappa shape index (κ2) is 7.14. The average molecular weight is 410 g/mol. The number of hydrogen-bond acceptors (Lipinski definition) is 4. The van der Waals surface area contributed by atoms with Crippen LogP contribution in [0.25, 0.3) is 0 Å². The first-order valence-electron chi connectivity index (χ1n) is 7.13. The minimum Gasteiger partial charge on any atom is -0.292 e. The maximum atomic E-state index is 12.1. The molecule has 1 amide bonds. The highest BCUT2D eigenvalue weighted by molar-refractivity contribution is 9.10. The summed E-state index contributed by atoms with van der Waals surface area (Å²) in [6, 6.07) is 7.50. The molecule has 0 spiro atoms. The standard InChI is InChI=1S/C15H14BrClN6O/c1-10-13(16)6-19-23(10)8-14(24)20-15-18-9-22(21-15)7-11-3-2-4-12(17)5-11/h2-6,9H,7-8H2,1H3,(H,20,21,24). The number of carbonyl (C=O) groups is 1. The Morgan fingerprint density at radius 1 is 1.42 bits per heavy atom. The van der Waals surface area contributed by atoms with Gasteiger partial charge in [-0.1, -0.05) is 23.7 Å². The van der Waals surface area contributed by atoms with Crippen LogP contribution in [0.4, 0.5) is 5.95 Å². The Kier molecular flexibility index (Phi) is 4.96. The Morgan fingerprint density at radius 2 is 2.25 bits per heavy atom. The maximum absolute atomic E-state index is 12.1. The SMILES string of the molecule is Cc1c(Br)cnn1CC(=O)Nc1ncn(Cc2cccc(Cl)c2)n1. The second-order valence-corrected chi connectivity index (χ2v) is 6.47. The van der Waals surface area contributed by atoms with E-state index in [-0.39, 0.29) is 18.4 Å². The largest absolute Gasteiger partial charge is 0.292 e. The zero-order valence-corrected chi connectivity index (χ0v) is 15.1. The van der Waals surface area contributed by atoms with Crippen molar-refractivity contribution >= 4 is 39.4 Å².